The number of carbonyl (C=O) groups is 1. The summed E-state index contributed by atoms with van der Waals surface area (Å²) < 4.78 is 65.3. The fraction of sp³-hybridized carbons (Fsp3) is 0.286. The van der Waals surface area contributed by atoms with Gasteiger partial charge in [-0.15, -0.1) is 0 Å². The standard InChI is InChI=1S/C21H18F5N3O/c22-16-7-13(8-17(23)11-16)12-28-3-5-29(6-4-28)20(30)19-10-14-9-15(21(24,25)26)1-2-18(14)27-19/h1-2,7-11,27H,3-6,12H2. The van der Waals surface area contributed by atoms with Crippen molar-refractivity contribution in [2.75, 3.05) is 26.2 Å². The first-order valence-corrected chi connectivity index (χ1v) is 9.35. The lowest BCUT2D eigenvalue weighted by Gasteiger charge is -2.34. The van der Waals surface area contributed by atoms with E-state index < -0.39 is 23.4 Å². The van der Waals surface area contributed by atoms with Gasteiger partial charge >= 0.3 is 6.18 Å². The number of fused-ring (bicyclic) bond motifs is 1. The molecule has 1 amide bonds. The van der Waals surface area contributed by atoms with Crippen molar-refractivity contribution in [1.29, 1.82) is 0 Å². The van der Waals surface area contributed by atoms with Crippen LogP contribution in [-0.4, -0.2) is 46.9 Å². The predicted octanol–water partition coefficient (Wildman–Crippen LogP) is 4.42. The van der Waals surface area contributed by atoms with Gasteiger partial charge in [-0.1, -0.05) is 0 Å². The average Bonchev–Trinajstić information content (AvgIpc) is 3.10. The lowest BCUT2D eigenvalue weighted by atomic mass is 10.1. The first-order chi connectivity index (χ1) is 14.2. The van der Waals surface area contributed by atoms with Gasteiger partial charge in [-0.05, 0) is 42.0 Å². The highest BCUT2D eigenvalue weighted by molar-refractivity contribution is 5.98. The van der Waals surface area contributed by atoms with E-state index in [2.05, 4.69) is 4.98 Å². The first kappa shape index (κ1) is 20.3. The first-order valence-electron chi connectivity index (χ1n) is 9.35. The maximum atomic E-state index is 13.3. The monoisotopic (exact) mass is 423 g/mol. The van der Waals surface area contributed by atoms with Crippen LogP contribution in [0.4, 0.5) is 22.0 Å². The molecular weight excluding hydrogens is 405 g/mol. The van der Waals surface area contributed by atoms with E-state index in [0.29, 0.717) is 49.2 Å². The third-order valence-corrected chi connectivity index (χ3v) is 5.17. The number of carbonyl (C=O) groups excluding carboxylic acids is 1. The molecule has 0 bridgehead atoms. The zero-order valence-electron chi connectivity index (χ0n) is 15.8. The number of H-pyrrole nitrogens is 1. The third-order valence-electron chi connectivity index (χ3n) is 5.17. The van der Waals surface area contributed by atoms with Gasteiger partial charge in [-0.25, -0.2) is 8.78 Å². The van der Waals surface area contributed by atoms with Crippen molar-refractivity contribution in [2.24, 2.45) is 0 Å². The smallest absolute Gasteiger partial charge is 0.351 e. The lowest BCUT2D eigenvalue weighted by Crippen LogP contribution is -2.48. The molecule has 1 aliphatic rings. The molecule has 3 aromatic rings. The zero-order valence-corrected chi connectivity index (χ0v) is 15.8. The van der Waals surface area contributed by atoms with Crippen LogP contribution in [0.5, 0.6) is 0 Å². The molecule has 30 heavy (non-hydrogen) atoms. The molecule has 2 aromatic carbocycles. The van der Waals surface area contributed by atoms with Gasteiger partial charge in [0.1, 0.15) is 17.3 Å². The molecule has 0 spiro atoms. The Bertz CT molecular complexity index is 1060. The van der Waals surface area contributed by atoms with Crippen molar-refractivity contribution in [2.45, 2.75) is 12.7 Å². The fourth-order valence-corrected chi connectivity index (χ4v) is 3.66. The summed E-state index contributed by atoms with van der Waals surface area (Å²) in [6, 6.07) is 8.10. The van der Waals surface area contributed by atoms with Crippen LogP contribution in [0.3, 0.4) is 0 Å². The van der Waals surface area contributed by atoms with Crippen LogP contribution in [0, 0.1) is 11.6 Å². The number of nitrogens with one attached hydrogen (secondary N) is 1. The molecule has 0 aliphatic carbocycles. The predicted molar refractivity (Wildman–Crippen MR) is 101 cm³/mol. The molecule has 2 heterocycles. The van der Waals surface area contributed by atoms with Crippen LogP contribution in [0.2, 0.25) is 0 Å². The molecule has 9 heteroatoms. The number of halogens is 5. The third kappa shape index (κ3) is 4.30. The Morgan fingerprint density at radius 3 is 2.23 bits per heavy atom. The molecule has 0 atom stereocenters. The number of nitrogens with zero attached hydrogens (tertiary/aromatic N) is 2. The van der Waals surface area contributed by atoms with E-state index in [-0.39, 0.29) is 11.6 Å². The van der Waals surface area contributed by atoms with E-state index in [4.69, 9.17) is 0 Å². The van der Waals surface area contributed by atoms with E-state index >= 15 is 0 Å². The van der Waals surface area contributed by atoms with Crippen LogP contribution in [0.25, 0.3) is 10.9 Å². The van der Waals surface area contributed by atoms with Gasteiger partial charge in [-0.3, -0.25) is 9.69 Å². The van der Waals surface area contributed by atoms with Gasteiger partial charge in [0.15, 0.2) is 0 Å². The summed E-state index contributed by atoms with van der Waals surface area (Å²) in [6.07, 6.45) is -4.45. The molecule has 1 N–H and O–H groups in total. The molecule has 1 aromatic heterocycles. The van der Waals surface area contributed by atoms with E-state index in [1.54, 1.807) is 4.90 Å². The highest BCUT2D eigenvalue weighted by atomic mass is 19.4. The van der Waals surface area contributed by atoms with E-state index in [1.807, 2.05) is 4.90 Å². The Kier molecular flexibility index (Phi) is 5.23. The number of aromatic amines is 1. The fourth-order valence-electron chi connectivity index (χ4n) is 3.66. The molecule has 4 rings (SSSR count). The second-order valence-electron chi connectivity index (χ2n) is 7.33. The van der Waals surface area contributed by atoms with Crippen LogP contribution < -0.4 is 0 Å². The summed E-state index contributed by atoms with van der Waals surface area (Å²) in [5.41, 5.74) is 0.432. The molecule has 1 aliphatic heterocycles. The molecule has 4 nitrogen and oxygen atoms in total. The molecule has 1 fully saturated rings. The summed E-state index contributed by atoms with van der Waals surface area (Å²) >= 11 is 0. The minimum atomic E-state index is -4.45. The summed E-state index contributed by atoms with van der Waals surface area (Å²) in [5, 5.41) is 0.319. The Morgan fingerprint density at radius 2 is 1.60 bits per heavy atom. The molecule has 0 radical (unpaired) electrons. The minimum Gasteiger partial charge on any atom is -0.351 e. The Labute approximate surface area is 168 Å². The number of hydrogen-bond acceptors (Lipinski definition) is 2. The van der Waals surface area contributed by atoms with E-state index in [1.165, 1.54) is 24.3 Å². The summed E-state index contributed by atoms with van der Waals surface area (Å²) in [4.78, 5) is 19.2. The van der Waals surface area contributed by atoms with Crippen molar-refractivity contribution < 1.29 is 26.7 Å². The van der Waals surface area contributed by atoms with Crippen molar-refractivity contribution in [1.82, 2.24) is 14.8 Å². The van der Waals surface area contributed by atoms with Gasteiger partial charge < -0.3 is 9.88 Å². The van der Waals surface area contributed by atoms with E-state index in [9.17, 15) is 26.7 Å². The average molecular weight is 423 g/mol. The highest BCUT2D eigenvalue weighted by Gasteiger charge is 2.31. The van der Waals surface area contributed by atoms with Crippen molar-refractivity contribution in [3.05, 3.63) is 70.9 Å². The highest BCUT2D eigenvalue weighted by Crippen LogP contribution is 2.31. The summed E-state index contributed by atoms with van der Waals surface area (Å²) in [5.74, 6) is -1.56. The number of aromatic nitrogens is 1. The number of amides is 1. The Hall–Kier alpha value is -2.94. The van der Waals surface area contributed by atoms with Crippen LogP contribution >= 0.6 is 0 Å². The quantitative estimate of drug-likeness (QED) is 0.634. The summed E-state index contributed by atoms with van der Waals surface area (Å²) in [6.45, 7) is 2.20. The van der Waals surface area contributed by atoms with Gasteiger partial charge in [0.05, 0.1) is 5.56 Å². The molecule has 158 valence electrons. The van der Waals surface area contributed by atoms with Gasteiger partial charge in [-0.2, -0.15) is 13.2 Å². The number of rotatable bonds is 3. The topological polar surface area (TPSA) is 39.3 Å². The van der Waals surface area contributed by atoms with Gasteiger partial charge in [0.2, 0.25) is 0 Å². The second kappa shape index (κ2) is 7.71. The molecule has 0 unspecified atom stereocenters. The van der Waals surface area contributed by atoms with Gasteiger partial charge in [0, 0.05) is 49.7 Å². The molecule has 0 saturated carbocycles. The Balaban J connectivity index is 1.41. The van der Waals surface area contributed by atoms with Crippen LogP contribution in [0.15, 0.2) is 42.5 Å². The number of alkyl halides is 3. The molecular formula is C21H18F5N3O. The maximum Gasteiger partial charge on any atom is 0.416 e. The largest absolute Gasteiger partial charge is 0.416 e. The summed E-state index contributed by atoms with van der Waals surface area (Å²) in [7, 11) is 0. The number of benzene rings is 2. The van der Waals surface area contributed by atoms with E-state index in [0.717, 1.165) is 18.2 Å². The molecule has 1 saturated heterocycles. The van der Waals surface area contributed by atoms with Gasteiger partial charge in [0.25, 0.3) is 5.91 Å². The van der Waals surface area contributed by atoms with Crippen molar-refractivity contribution in [3.63, 3.8) is 0 Å². The SMILES string of the molecule is O=C(c1cc2cc(C(F)(F)F)ccc2[nH]1)N1CCN(Cc2cc(F)cc(F)c2)CC1. The lowest BCUT2D eigenvalue weighted by molar-refractivity contribution is -0.137. The maximum absolute atomic E-state index is 13.3. The van der Waals surface area contributed by atoms with Crippen molar-refractivity contribution in [3.8, 4) is 0 Å². The minimum absolute atomic E-state index is 0.227. The Morgan fingerprint density at radius 1 is 0.933 bits per heavy atom. The number of piperazine rings is 1. The van der Waals surface area contributed by atoms with Crippen LogP contribution in [-0.2, 0) is 12.7 Å². The van der Waals surface area contributed by atoms with Crippen LogP contribution in [0.1, 0.15) is 21.6 Å². The number of hydrogen-bond donors (Lipinski definition) is 1. The second-order valence-corrected chi connectivity index (χ2v) is 7.33. The van der Waals surface area contributed by atoms with Crippen molar-refractivity contribution >= 4 is 16.8 Å². The zero-order chi connectivity index (χ0) is 21.5. The normalized spacial score (nSPS) is 15.7.